The van der Waals surface area contributed by atoms with Crippen LogP contribution in [-0.2, 0) is 16.4 Å². The average Bonchev–Trinajstić information content (AvgIpc) is 2.87. The largest absolute Gasteiger partial charge is 0.390 e. The second-order valence-corrected chi connectivity index (χ2v) is 12.3. The molecule has 222 valence electrons. The van der Waals surface area contributed by atoms with Gasteiger partial charge in [-0.25, -0.2) is 22.8 Å². The van der Waals surface area contributed by atoms with Gasteiger partial charge in [-0.2, -0.15) is 13.2 Å². The molecule has 1 aromatic carbocycles. The van der Waals surface area contributed by atoms with Gasteiger partial charge in [0.1, 0.15) is 6.17 Å². The number of halogens is 4. The number of sulfonamides is 1. The zero-order chi connectivity index (χ0) is 29.2. The minimum atomic E-state index is -4.57. The van der Waals surface area contributed by atoms with E-state index in [0.29, 0.717) is 30.2 Å². The van der Waals surface area contributed by atoms with Crippen LogP contribution >= 0.6 is 0 Å². The smallest absolute Gasteiger partial charge is 0.351 e. The van der Waals surface area contributed by atoms with Crippen LogP contribution in [0, 0.1) is 6.92 Å². The number of aromatic nitrogens is 3. The molecule has 13 heteroatoms. The SMILES string of the molecule is CCc1cc(-c2ccc(NS(=O)(=O)CCC(F)(F)F)c(C)n2)cc2cnc(N[C@@H]3CC[C@@H](N(C)C)C(F)C3)nc12.[HH].[HH]. The van der Waals surface area contributed by atoms with E-state index in [1.165, 1.54) is 6.07 Å². The Balaban J connectivity index is 0.00000308. The summed E-state index contributed by atoms with van der Waals surface area (Å²) in [7, 11) is -0.395. The molecule has 4 rings (SSSR count). The predicted molar refractivity (Wildman–Crippen MR) is 153 cm³/mol. The van der Waals surface area contributed by atoms with Crippen LogP contribution < -0.4 is 10.0 Å². The number of hydrogen-bond acceptors (Lipinski definition) is 7. The van der Waals surface area contributed by atoms with E-state index in [2.05, 4.69) is 20.0 Å². The Labute approximate surface area is 234 Å². The summed E-state index contributed by atoms with van der Waals surface area (Å²) in [6.45, 7) is 3.59. The van der Waals surface area contributed by atoms with Crippen molar-refractivity contribution in [2.24, 2.45) is 0 Å². The molecule has 1 saturated carbocycles. The van der Waals surface area contributed by atoms with Crippen molar-refractivity contribution in [1.82, 2.24) is 19.9 Å². The van der Waals surface area contributed by atoms with Crippen LogP contribution in [0.2, 0.25) is 0 Å². The van der Waals surface area contributed by atoms with E-state index in [1.807, 2.05) is 38.1 Å². The third-order valence-corrected chi connectivity index (χ3v) is 8.45. The lowest BCUT2D eigenvalue weighted by Gasteiger charge is -2.35. The molecule has 2 heterocycles. The molecule has 3 atom stereocenters. The summed E-state index contributed by atoms with van der Waals surface area (Å²) in [5.74, 6) is -0.614. The standard InChI is InChI=1S/C27H34F4N6O2S.2H2/c1-5-17-12-18(23-8-7-22(16(2)33-23)36-40(38,39)11-10-27(29,30)31)13-19-15-32-26(35-25(17)19)34-20-6-9-24(37(3)4)21(28)14-20;;/h7-8,12-13,15,20-21,24,36H,5-6,9-11,14H2,1-4H3,(H,32,34,35);2*1H/t20-,21?,24-;;/m1../s1. The van der Waals surface area contributed by atoms with Crippen molar-refractivity contribution in [2.75, 3.05) is 29.9 Å². The van der Waals surface area contributed by atoms with Crippen LogP contribution in [0.3, 0.4) is 0 Å². The third-order valence-electron chi connectivity index (χ3n) is 7.18. The molecule has 8 nitrogen and oxygen atoms in total. The van der Waals surface area contributed by atoms with Crippen LogP contribution in [0.4, 0.5) is 29.2 Å². The number of pyridine rings is 1. The maximum absolute atomic E-state index is 14.6. The maximum Gasteiger partial charge on any atom is 0.390 e. The second kappa shape index (κ2) is 11.8. The Hall–Kier alpha value is -3.06. The molecule has 3 aromatic rings. The summed E-state index contributed by atoms with van der Waals surface area (Å²) in [5, 5.41) is 4.09. The van der Waals surface area contributed by atoms with Gasteiger partial charge in [0.25, 0.3) is 0 Å². The molecule has 2 N–H and O–H groups in total. The summed E-state index contributed by atoms with van der Waals surface area (Å²) < 4.78 is 78.5. The van der Waals surface area contributed by atoms with Crippen molar-refractivity contribution in [3.63, 3.8) is 0 Å². The number of hydrogen-bond donors (Lipinski definition) is 2. The normalized spacial score (nSPS) is 20.2. The molecule has 1 fully saturated rings. The number of fused-ring (bicyclic) bond motifs is 1. The van der Waals surface area contributed by atoms with Crippen LogP contribution in [0.25, 0.3) is 22.2 Å². The lowest BCUT2D eigenvalue weighted by molar-refractivity contribution is -0.129. The van der Waals surface area contributed by atoms with E-state index in [1.54, 1.807) is 19.2 Å². The monoisotopic (exact) mass is 586 g/mol. The van der Waals surface area contributed by atoms with Gasteiger partial charge in [-0.3, -0.25) is 9.71 Å². The molecule has 2 aromatic heterocycles. The van der Waals surface area contributed by atoms with Crippen molar-refractivity contribution in [3.05, 3.63) is 41.7 Å². The fourth-order valence-electron chi connectivity index (χ4n) is 5.00. The first kappa shape index (κ1) is 29.9. The minimum Gasteiger partial charge on any atom is -0.351 e. The Morgan fingerprint density at radius 3 is 2.52 bits per heavy atom. The average molecular weight is 587 g/mol. The topological polar surface area (TPSA) is 100 Å². The van der Waals surface area contributed by atoms with E-state index in [-0.39, 0.29) is 20.6 Å². The van der Waals surface area contributed by atoms with Crippen LogP contribution in [0.15, 0.2) is 30.5 Å². The molecular formula is C27H38F4N6O2S. The molecule has 0 saturated heterocycles. The number of anilines is 2. The fraction of sp³-hybridized carbons (Fsp3) is 0.519. The van der Waals surface area contributed by atoms with Gasteiger partial charge >= 0.3 is 6.18 Å². The highest BCUT2D eigenvalue weighted by Crippen LogP contribution is 2.30. The molecular weight excluding hydrogens is 548 g/mol. The van der Waals surface area contributed by atoms with Gasteiger partial charge in [-0.1, -0.05) is 6.92 Å². The number of rotatable bonds is 9. The second-order valence-electron chi connectivity index (χ2n) is 10.4. The maximum atomic E-state index is 14.6. The van der Waals surface area contributed by atoms with Gasteiger partial charge in [0, 0.05) is 38.5 Å². The van der Waals surface area contributed by atoms with Crippen molar-refractivity contribution >= 4 is 32.6 Å². The Bertz CT molecular complexity index is 1480. The van der Waals surface area contributed by atoms with Crippen molar-refractivity contribution in [3.8, 4) is 11.3 Å². The first-order chi connectivity index (χ1) is 18.7. The summed E-state index contributed by atoms with van der Waals surface area (Å²) in [6.07, 6.45) is -2.57. The molecule has 1 unspecified atom stereocenters. The highest BCUT2D eigenvalue weighted by Gasteiger charge is 2.32. The molecule has 1 aliphatic rings. The van der Waals surface area contributed by atoms with Gasteiger partial charge in [0.2, 0.25) is 16.0 Å². The lowest BCUT2D eigenvalue weighted by Crippen LogP contribution is -2.44. The summed E-state index contributed by atoms with van der Waals surface area (Å²) in [4.78, 5) is 15.6. The van der Waals surface area contributed by atoms with E-state index >= 15 is 0 Å². The Morgan fingerprint density at radius 2 is 1.90 bits per heavy atom. The summed E-state index contributed by atoms with van der Waals surface area (Å²) in [6, 6.07) is 6.81. The zero-order valence-electron chi connectivity index (χ0n) is 22.9. The number of nitrogens with zero attached hydrogens (tertiary/aromatic N) is 4. The number of aryl methyl sites for hydroxylation is 2. The highest BCUT2D eigenvalue weighted by molar-refractivity contribution is 7.92. The molecule has 0 amide bonds. The van der Waals surface area contributed by atoms with Crippen molar-refractivity contribution in [1.29, 1.82) is 0 Å². The van der Waals surface area contributed by atoms with E-state index in [4.69, 9.17) is 4.98 Å². The van der Waals surface area contributed by atoms with Crippen molar-refractivity contribution < 1.29 is 28.8 Å². The van der Waals surface area contributed by atoms with Gasteiger partial charge in [0.05, 0.1) is 34.8 Å². The third kappa shape index (κ3) is 7.36. The molecule has 40 heavy (non-hydrogen) atoms. The van der Waals surface area contributed by atoms with Crippen LogP contribution in [-0.4, -0.2) is 72.5 Å². The molecule has 1 aliphatic carbocycles. The minimum absolute atomic E-state index is 0. The van der Waals surface area contributed by atoms with E-state index < -0.39 is 34.5 Å². The first-order valence-corrected chi connectivity index (χ1v) is 14.8. The zero-order valence-corrected chi connectivity index (χ0v) is 23.7. The van der Waals surface area contributed by atoms with Gasteiger partial charge < -0.3 is 10.2 Å². The predicted octanol–water partition coefficient (Wildman–Crippen LogP) is 5.98. The quantitative estimate of drug-likeness (QED) is 0.298. The first-order valence-electron chi connectivity index (χ1n) is 13.2. The van der Waals surface area contributed by atoms with E-state index in [9.17, 15) is 26.0 Å². The summed E-state index contributed by atoms with van der Waals surface area (Å²) >= 11 is 0. The van der Waals surface area contributed by atoms with Gasteiger partial charge in [0.15, 0.2) is 0 Å². The Morgan fingerprint density at radius 1 is 1.15 bits per heavy atom. The van der Waals surface area contributed by atoms with Crippen molar-refractivity contribution in [2.45, 2.75) is 70.4 Å². The fourth-order valence-corrected chi connectivity index (χ4v) is 6.15. The van der Waals surface area contributed by atoms with Gasteiger partial charge in [-0.05, 0) is 70.1 Å². The number of alkyl halides is 4. The van der Waals surface area contributed by atoms with Gasteiger partial charge in [-0.15, -0.1) is 0 Å². The molecule has 0 bridgehead atoms. The van der Waals surface area contributed by atoms with Crippen LogP contribution in [0.5, 0.6) is 0 Å². The Kier molecular flexibility index (Phi) is 8.83. The molecule has 0 radical (unpaired) electrons. The highest BCUT2D eigenvalue weighted by atomic mass is 32.2. The van der Waals surface area contributed by atoms with Crippen LogP contribution in [0.1, 0.15) is 46.7 Å². The number of benzene rings is 1. The molecule has 0 spiro atoms. The molecule has 0 aliphatic heterocycles. The lowest BCUT2D eigenvalue weighted by atomic mass is 9.89. The summed E-state index contributed by atoms with van der Waals surface area (Å²) in [5.41, 5.74) is 3.52. The number of nitrogens with one attached hydrogen (secondary N) is 2. The van der Waals surface area contributed by atoms with E-state index in [0.717, 1.165) is 34.9 Å².